The lowest BCUT2D eigenvalue weighted by Crippen LogP contribution is -2.37. The van der Waals surface area contributed by atoms with Crippen LogP contribution in [-0.4, -0.2) is 5.91 Å². The zero-order valence-electron chi connectivity index (χ0n) is 7.45. The molecular formula is C10H13NOS. The van der Waals surface area contributed by atoms with Crippen molar-refractivity contribution in [2.45, 2.75) is 31.1 Å². The van der Waals surface area contributed by atoms with Gasteiger partial charge in [0.1, 0.15) is 0 Å². The molecule has 13 heavy (non-hydrogen) atoms. The van der Waals surface area contributed by atoms with Crippen molar-refractivity contribution in [3.05, 3.63) is 22.4 Å². The van der Waals surface area contributed by atoms with E-state index in [4.69, 9.17) is 5.73 Å². The largest absolute Gasteiger partial charge is 0.369 e. The Morgan fingerprint density at radius 2 is 2.15 bits per heavy atom. The molecule has 1 amide bonds. The van der Waals surface area contributed by atoms with E-state index >= 15 is 0 Å². The van der Waals surface area contributed by atoms with Crippen LogP contribution in [0.5, 0.6) is 0 Å². The lowest BCUT2D eigenvalue weighted by molar-refractivity contribution is -0.123. The Bertz CT molecular complexity index is 299. The number of carbonyl (C=O) groups is 1. The lowest BCUT2D eigenvalue weighted by atomic mass is 9.84. The summed E-state index contributed by atoms with van der Waals surface area (Å²) in [5.74, 6) is -0.146. The minimum Gasteiger partial charge on any atom is -0.369 e. The van der Waals surface area contributed by atoms with E-state index in [1.54, 1.807) is 11.3 Å². The topological polar surface area (TPSA) is 43.1 Å². The van der Waals surface area contributed by atoms with Crippen molar-refractivity contribution < 1.29 is 4.79 Å². The highest BCUT2D eigenvalue weighted by Gasteiger charge is 2.41. The van der Waals surface area contributed by atoms with Gasteiger partial charge in [-0.05, 0) is 24.3 Å². The smallest absolute Gasteiger partial charge is 0.228 e. The van der Waals surface area contributed by atoms with Crippen LogP contribution in [0.15, 0.2) is 17.5 Å². The van der Waals surface area contributed by atoms with Gasteiger partial charge in [0.25, 0.3) is 0 Å². The summed E-state index contributed by atoms with van der Waals surface area (Å²) in [5, 5.41) is 2.01. The molecule has 0 saturated heterocycles. The van der Waals surface area contributed by atoms with E-state index in [9.17, 15) is 4.79 Å². The highest BCUT2D eigenvalue weighted by molar-refractivity contribution is 7.10. The molecule has 1 aromatic rings. The fraction of sp³-hybridized carbons (Fsp3) is 0.500. The number of primary amides is 1. The van der Waals surface area contributed by atoms with Crippen molar-refractivity contribution in [1.29, 1.82) is 0 Å². The third-order valence-electron chi connectivity index (χ3n) is 2.92. The maximum absolute atomic E-state index is 11.5. The lowest BCUT2D eigenvalue weighted by Gasteiger charge is -2.23. The van der Waals surface area contributed by atoms with Crippen molar-refractivity contribution >= 4 is 17.2 Å². The van der Waals surface area contributed by atoms with Gasteiger partial charge in [0, 0.05) is 4.88 Å². The predicted molar refractivity (Wildman–Crippen MR) is 53.7 cm³/mol. The fourth-order valence-electron chi connectivity index (χ4n) is 2.14. The van der Waals surface area contributed by atoms with Gasteiger partial charge in [-0.25, -0.2) is 0 Å². The molecule has 0 spiro atoms. The van der Waals surface area contributed by atoms with Gasteiger partial charge >= 0.3 is 0 Å². The molecular weight excluding hydrogens is 182 g/mol. The summed E-state index contributed by atoms with van der Waals surface area (Å²) in [6.07, 6.45) is 4.12. The second kappa shape index (κ2) is 3.14. The van der Waals surface area contributed by atoms with Crippen LogP contribution in [0.25, 0.3) is 0 Å². The van der Waals surface area contributed by atoms with Crippen LogP contribution in [0.4, 0.5) is 0 Å². The van der Waals surface area contributed by atoms with Gasteiger partial charge in [0.05, 0.1) is 5.41 Å². The summed E-state index contributed by atoms with van der Waals surface area (Å²) in [6.45, 7) is 0. The summed E-state index contributed by atoms with van der Waals surface area (Å²) in [6, 6.07) is 4.02. The number of hydrogen-bond acceptors (Lipinski definition) is 2. The Labute approximate surface area is 81.8 Å². The summed E-state index contributed by atoms with van der Waals surface area (Å²) in [7, 11) is 0. The SMILES string of the molecule is NC(=O)C1(c2cccs2)CCCC1. The fourth-order valence-corrected chi connectivity index (χ4v) is 3.13. The van der Waals surface area contributed by atoms with Gasteiger partial charge in [-0.15, -0.1) is 11.3 Å². The number of thiophene rings is 1. The Morgan fingerprint density at radius 1 is 1.46 bits per heavy atom. The standard InChI is InChI=1S/C10H13NOS/c11-9(12)10(5-1-2-6-10)8-4-3-7-13-8/h3-4,7H,1-2,5-6H2,(H2,11,12). The zero-order valence-corrected chi connectivity index (χ0v) is 8.27. The zero-order chi connectivity index (χ0) is 9.31. The van der Waals surface area contributed by atoms with E-state index in [1.165, 1.54) is 0 Å². The van der Waals surface area contributed by atoms with E-state index in [0.29, 0.717) is 0 Å². The van der Waals surface area contributed by atoms with Crippen LogP contribution in [0.3, 0.4) is 0 Å². The first kappa shape index (κ1) is 8.75. The number of rotatable bonds is 2. The van der Waals surface area contributed by atoms with Crippen molar-refractivity contribution in [2.24, 2.45) is 5.73 Å². The average Bonchev–Trinajstić information content (AvgIpc) is 2.75. The molecule has 0 aliphatic heterocycles. The van der Waals surface area contributed by atoms with Gasteiger partial charge in [-0.2, -0.15) is 0 Å². The molecule has 0 unspecified atom stereocenters. The van der Waals surface area contributed by atoms with E-state index in [1.807, 2.05) is 17.5 Å². The second-order valence-corrected chi connectivity index (χ2v) is 4.58. The van der Waals surface area contributed by atoms with Gasteiger partial charge in [-0.3, -0.25) is 4.79 Å². The number of carbonyl (C=O) groups excluding carboxylic acids is 1. The summed E-state index contributed by atoms with van der Waals surface area (Å²) >= 11 is 1.65. The maximum atomic E-state index is 11.5. The highest BCUT2D eigenvalue weighted by atomic mass is 32.1. The molecule has 1 saturated carbocycles. The van der Waals surface area contributed by atoms with E-state index < -0.39 is 0 Å². The monoisotopic (exact) mass is 195 g/mol. The maximum Gasteiger partial charge on any atom is 0.228 e. The molecule has 3 heteroatoms. The Kier molecular flexibility index (Phi) is 2.12. The summed E-state index contributed by atoms with van der Waals surface area (Å²) in [5.41, 5.74) is 5.17. The Morgan fingerprint density at radius 3 is 2.62 bits per heavy atom. The van der Waals surface area contributed by atoms with Crippen LogP contribution in [0, 0.1) is 0 Å². The van der Waals surface area contributed by atoms with Crippen LogP contribution in [0.2, 0.25) is 0 Å². The van der Waals surface area contributed by atoms with E-state index in [0.717, 1.165) is 30.6 Å². The van der Waals surface area contributed by atoms with E-state index in [-0.39, 0.29) is 11.3 Å². The first-order valence-corrected chi connectivity index (χ1v) is 5.47. The molecule has 2 N–H and O–H groups in total. The van der Waals surface area contributed by atoms with Gasteiger partial charge in [0.15, 0.2) is 0 Å². The van der Waals surface area contributed by atoms with Gasteiger partial charge in [0.2, 0.25) is 5.91 Å². The van der Waals surface area contributed by atoms with Crippen molar-refractivity contribution in [3.63, 3.8) is 0 Å². The van der Waals surface area contributed by atoms with E-state index in [2.05, 4.69) is 0 Å². The Hall–Kier alpha value is -0.830. The third-order valence-corrected chi connectivity index (χ3v) is 4.00. The third kappa shape index (κ3) is 1.27. The molecule has 1 fully saturated rings. The minimum absolute atomic E-state index is 0.146. The van der Waals surface area contributed by atoms with Crippen molar-refractivity contribution in [2.75, 3.05) is 0 Å². The summed E-state index contributed by atoms with van der Waals surface area (Å²) < 4.78 is 0. The normalized spacial score (nSPS) is 20.3. The van der Waals surface area contributed by atoms with Crippen LogP contribution in [-0.2, 0) is 10.2 Å². The molecule has 1 aromatic heterocycles. The molecule has 2 nitrogen and oxygen atoms in total. The highest BCUT2D eigenvalue weighted by Crippen LogP contribution is 2.42. The molecule has 2 rings (SSSR count). The molecule has 0 atom stereocenters. The van der Waals surface area contributed by atoms with Crippen molar-refractivity contribution in [1.82, 2.24) is 0 Å². The summed E-state index contributed by atoms with van der Waals surface area (Å²) in [4.78, 5) is 12.6. The first-order chi connectivity index (χ1) is 6.26. The molecule has 1 aliphatic carbocycles. The van der Waals surface area contributed by atoms with Crippen LogP contribution >= 0.6 is 11.3 Å². The minimum atomic E-state index is -0.325. The quantitative estimate of drug-likeness (QED) is 0.771. The van der Waals surface area contributed by atoms with Gasteiger partial charge < -0.3 is 5.73 Å². The molecule has 70 valence electrons. The van der Waals surface area contributed by atoms with Gasteiger partial charge in [-0.1, -0.05) is 18.9 Å². The molecule has 0 bridgehead atoms. The molecule has 1 aliphatic rings. The molecule has 1 heterocycles. The number of amides is 1. The second-order valence-electron chi connectivity index (χ2n) is 3.63. The van der Waals surface area contributed by atoms with Crippen LogP contribution in [0.1, 0.15) is 30.6 Å². The Balaban J connectivity index is 2.39. The number of nitrogens with two attached hydrogens (primary N) is 1. The molecule has 0 radical (unpaired) electrons. The van der Waals surface area contributed by atoms with Crippen molar-refractivity contribution in [3.8, 4) is 0 Å². The van der Waals surface area contributed by atoms with Crippen LogP contribution < -0.4 is 5.73 Å². The number of hydrogen-bond donors (Lipinski definition) is 1. The molecule has 0 aromatic carbocycles. The first-order valence-electron chi connectivity index (χ1n) is 4.60. The average molecular weight is 195 g/mol. The predicted octanol–water partition coefficient (Wildman–Crippen LogP) is 2.05.